The Morgan fingerprint density at radius 3 is 1.85 bits per heavy atom. The molecule has 0 aromatic heterocycles. The zero-order chi connectivity index (χ0) is 18.1. The Hall–Kier alpha value is -3.65. The van der Waals surface area contributed by atoms with Gasteiger partial charge in [-0.25, -0.2) is 0 Å². The molecular formula is C25H18N2. The van der Waals surface area contributed by atoms with Crippen LogP contribution in [-0.2, 0) is 0 Å². The van der Waals surface area contributed by atoms with Gasteiger partial charge < -0.3 is 0 Å². The fourth-order valence-corrected chi connectivity index (χ4v) is 3.62. The highest BCUT2D eigenvalue weighted by Gasteiger charge is 2.05. The van der Waals surface area contributed by atoms with Gasteiger partial charge in [-0.15, -0.1) is 0 Å². The van der Waals surface area contributed by atoms with E-state index in [4.69, 9.17) is 0 Å². The van der Waals surface area contributed by atoms with Gasteiger partial charge in [0.05, 0.1) is 11.9 Å². The van der Waals surface area contributed by atoms with E-state index in [2.05, 4.69) is 108 Å². The number of nitrogens with one attached hydrogen (secondary N) is 1. The minimum Gasteiger partial charge on any atom is -0.278 e. The van der Waals surface area contributed by atoms with Gasteiger partial charge in [0.25, 0.3) is 0 Å². The van der Waals surface area contributed by atoms with Crippen molar-refractivity contribution in [2.24, 2.45) is 5.10 Å². The monoisotopic (exact) mass is 346 g/mol. The predicted octanol–water partition coefficient (Wildman–Crippen LogP) is 6.59. The second-order valence-electron chi connectivity index (χ2n) is 6.66. The van der Waals surface area contributed by atoms with E-state index in [-0.39, 0.29) is 0 Å². The lowest BCUT2D eigenvalue weighted by atomic mass is 9.97. The van der Waals surface area contributed by atoms with Crippen molar-refractivity contribution in [2.45, 2.75) is 0 Å². The molecule has 5 rings (SSSR count). The van der Waals surface area contributed by atoms with Crippen molar-refractivity contribution in [2.75, 3.05) is 5.43 Å². The molecule has 0 amide bonds. The van der Waals surface area contributed by atoms with E-state index in [1.165, 1.54) is 32.3 Å². The number of hydrogen-bond donors (Lipinski definition) is 1. The van der Waals surface area contributed by atoms with Gasteiger partial charge in [0, 0.05) is 5.56 Å². The molecule has 27 heavy (non-hydrogen) atoms. The summed E-state index contributed by atoms with van der Waals surface area (Å²) in [7, 11) is 0. The molecule has 0 aliphatic carbocycles. The van der Waals surface area contributed by atoms with Crippen LogP contribution in [0.5, 0.6) is 0 Å². The van der Waals surface area contributed by atoms with Crippen LogP contribution in [0.2, 0.25) is 0 Å². The van der Waals surface area contributed by atoms with Gasteiger partial charge in [0.15, 0.2) is 0 Å². The van der Waals surface area contributed by atoms with E-state index in [1.54, 1.807) is 0 Å². The van der Waals surface area contributed by atoms with E-state index < -0.39 is 0 Å². The third kappa shape index (κ3) is 2.91. The highest BCUT2D eigenvalue weighted by molar-refractivity contribution is 6.13. The molecule has 2 nitrogen and oxygen atoms in total. The van der Waals surface area contributed by atoms with Gasteiger partial charge in [-0.2, -0.15) is 5.10 Å². The van der Waals surface area contributed by atoms with Gasteiger partial charge in [-0.05, 0) is 50.5 Å². The minimum absolute atomic E-state index is 0.981. The maximum Gasteiger partial charge on any atom is 0.0568 e. The van der Waals surface area contributed by atoms with E-state index in [9.17, 15) is 0 Å². The van der Waals surface area contributed by atoms with E-state index in [1.807, 2.05) is 6.21 Å². The van der Waals surface area contributed by atoms with Crippen LogP contribution in [-0.4, -0.2) is 6.21 Å². The van der Waals surface area contributed by atoms with E-state index in [0.717, 1.165) is 11.3 Å². The SMILES string of the molecule is C(=N/Nc1ccc2ccccc2c1)/c1c2ccccc2cc2ccccc12. The Labute approximate surface area is 157 Å². The number of anilines is 1. The molecule has 1 N–H and O–H groups in total. The molecule has 2 heteroatoms. The molecule has 0 spiro atoms. The van der Waals surface area contributed by atoms with Gasteiger partial charge in [0.2, 0.25) is 0 Å². The molecule has 0 unspecified atom stereocenters. The lowest BCUT2D eigenvalue weighted by Gasteiger charge is -2.08. The number of nitrogens with zero attached hydrogens (tertiary/aromatic N) is 1. The average molecular weight is 346 g/mol. The first-order chi connectivity index (χ1) is 13.4. The summed E-state index contributed by atoms with van der Waals surface area (Å²) in [5.41, 5.74) is 5.30. The molecule has 0 radical (unpaired) electrons. The third-order valence-corrected chi connectivity index (χ3v) is 4.95. The van der Waals surface area contributed by atoms with Crippen molar-refractivity contribution in [3.63, 3.8) is 0 Å². The van der Waals surface area contributed by atoms with Crippen LogP contribution >= 0.6 is 0 Å². The Morgan fingerprint density at radius 1 is 0.556 bits per heavy atom. The summed E-state index contributed by atoms with van der Waals surface area (Å²) >= 11 is 0. The zero-order valence-electron chi connectivity index (χ0n) is 14.8. The summed E-state index contributed by atoms with van der Waals surface area (Å²) < 4.78 is 0. The van der Waals surface area contributed by atoms with Crippen LogP contribution in [0.15, 0.2) is 102 Å². The number of hydrazone groups is 1. The summed E-state index contributed by atoms with van der Waals surface area (Å²) in [6.45, 7) is 0. The van der Waals surface area contributed by atoms with Crippen LogP contribution in [0.1, 0.15) is 5.56 Å². The summed E-state index contributed by atoms with van der Waals surface area (Å²) in [4.78, 5) is 0. The molecule has 0 saturated heterocycles. The first-order valence-corrected chi connectivity index (χ1v) is 9.07. The minimum atomic E-state index is 0.981. The molecule has 5 aromatic rings. The van der Waals surface area contributed by atoms with Crippen molar-refractivity contribution in [3.8, 4) is 0 Å². The number of rotatable bonds is 3. The second kappa shape index (κ2) is 6.58. The first kappa shape index (κ1) is 15.6. The molecule has 128 valence electrons. The lowest BCUT2D eigenvalue weighted by molar-refractivity contribution is 1.36. The van der Waals surface area contributed by atoms with Crippen LogP contribution in [0.4, 0.5) is 5.69 Å². The largest absolute Gasteiger partial charge is 0.278 e. The van der Waals surface area contributed by atoms with Gasteiger partial charge in [-0.3, -0.25) is 5.43 Å². The summed E-state index contributed by atoms with van der Waals surface area (Å²) in [6.07, 6.45) is 1.93. The standard InChI is InChI=1S/C25H18N2/c1-2-8-19-16-22(14-13-18(19)7-1)27-26-17-25-23-11-5-3-9-20(23)15-21-10-4-6-12-24(21)25/h1-17,27H/b26-17-. The normalized spacial score (nSPS) is 11.6. The molecule has 0 atom stereocenters. The lowest BCUT2D eigenvalue weighted by Crippen LogP contribution is -1.93. The molecule has 0 bridgehead atoms. The van der Waals surface area contributed by atoms with Gasteiger partial charge >= 0.3 is 0 Å². The van der Waals surface area contributed by atoms with E-state index in [0.29, 0.717) is 0 Å². The van der Waals surface area contributed by atoms with E-state index >= 15 is 0 Å². The van der Waals surface area contributed by atoms with Crippen molar-refractivity contribution >= 4 is 44.2 Å². The molecule has 0 saturated carbocycles. The van der Waals surface area contributed by atoms with Crippen molar-refractivity contribution in [1.82, 2.24) is 0 Å². The highest BCUT2D eigenvalue weighted by atomic mass is 15.3. The van der Waals surface area contributed by atoms with Gasteiger partial charge in [-0.1, -0.05) is 78.9 Å². The molecule has 0 heterocycles. The number of benzene rings is 5. The number of hydrogen-bond acceptors (Lipinski definition) is 2. The maximum atomic E-state index is 4.54. The average Bonchev–Trinajstić information content (AvgIpc) is 2.73. The van der Waals surface area contributed by atoms with Crippen LogP contribution in [0, 0.1) is 0 Å². The van der Waals surface area contributed by atoms with Crippen molar-refractivity contribution in [3.05, 3.63) is 103 Å². The first-order valence-electron chi connectivity index (χ1n) is 9.07. The van der Waals surface area contributed by atoms with Gasteiger partial charge in [0.1, 0.15) is 0 Å². The maximum absolute atomic E-state index is 4.54. The third-order valence-electron chi connectivity index (χ3n) is 4.95. The van der Waals surface area contributed by atoms with Crippen LogP contribution in [0.3, 0.4) is 0 Å². The highest BCUT2D eigenvalue weighted by Crippen LogP contribution is 2.27. The van der Waals surface area contributed by atoms with Crippen LogP contribution in [0.25, 0.3) is 32.3 Å². The molecule has 5 aromatic carbocycles. The molecule has 0 aliphatic heterocycles. The second-order valence-corrected chi connectivity index (χ2v) is 6.66. The summed E-state index contributed by atoms with van der Waals surface area (Å²) in [6, 6.07) is 33.8. The smallest absolute Gasteiger partial charge is 0.0568 e. The fourth-order valence-electron chi connectivity index (χ4n) is 3.62. The fraction of sp³-hybridized carbons (Fsp3) is 0. The molecular weight excluding hydrogens is 328 g/mol. The topological polar surface area (TPSA) is 24.4 Å². The number of fused-ring (bicyclic) bond motifs is 3. The Bertz CT molecular complexity index is 1250. The Balaban J connectivity index is 1.56. The summed E-state index contributed by atoms with van der Waals surface area (Å²) in [5, 5.41) is 11.8. The van der Waals surface area contributed by atoms with Crippen LogP contribution < -0.4 is 5.43 Å². The summed E-state index contributed by atoms with van der Waals surface area (Å²) in [5.74, 6) is 0. The Kier molecular flexibility index (Phi) is 3.80. The van der Waals surface area contributed by atoms with Crippen molar-refractivity contribution in [1.29, 1.82) is 0 Å². The van der Waals surface area contributed by atoms with Crippen molar-refractivity contribution < 1.29 is 0 Å². The zero-order valence-corrected chi connectivity index (χ0v) is 14.8. The molecule has 0 aliphatic rings. The molecule has 0 fully saturated rings. The predicted molar refractivity (Wildman–Crippen MR) is 117 cm³/mol. The quantitative estimate of drug-likeness (QED) is 0.222. The Morgan fingerprint density at radius 2 is 1.15 bits per heavy atom.